The molecule has 2 rings (SSSR count). The molecule has 0 atom stereocenters. The van der Waals surface area contributed by atoms with E-state index in [-0.39, 0.29) is 5.91 Å². The average Bonchev–Trinajstić information content (AvgIpc) is 3.10. The molecular formula is C13H13ClN2O. The van der Waals surface area contributed by atoms with Crippen LogP contribution < -0.4 is 10.6 Å². The molecule has 0 unspecified atom stereocenters. The van der Waals surface area contributed by atoms with Gasteiger partial charge in [0.2, 0.25) is 0 Å². The zero-order chi connectivity index (χ0) is 12.3. The third kappa shape index (κ3) is 3.15. The second-order valence-corrected chi connectivity index (χ2v) is 4.41. The monoisotopic (exact) mass is 248 g/mol. The molecule has 4 heteroatoms. The molecule has 0 radical (unpaired) electrons. The van der Waals surface area contributed by atoms with Crippen molar-refractivity contribution in [1.29, 1.82) is 0 Å². The lowest BCUT2D eigenvalue weighted by Crippen LogP contribution is -2.25. The Bertz CT molecular complexity index is 475. The Balaban J connectivity index is 2.07. The fourth-order valence-corrected chi connectivity index (χ4v) is 1.72. The number of amides is 1. The van der Waals surface area contributed by atoms with Crippen LogP contribution in [0.25, 0.3) is 0 Å². The van der Waals surface area contributed by atoms with E-state index in [0.717, 1.165) is 18.5 Å². The van der Waals surface area contributed by atoms with Crippen LogP contribution in [0.3, 0.4) is 0 Å². The Morgan fingerprint density at radius 1 is 1.53 bits per heavy atom. The van der Waals surface area contributed by atoms with E-state index in [1.807, 2.05) is 0 Å². The quantitative estimate of drug-likeness (QED) is 0.803. The molecular weight excluding hydrogens is 236 g/mol. The fourth-order valence-electron chi connectivity index (χ4n) is 1.45. The highest BCUT2D eigenvalue weighted by Crippen LogP contribution is 2.23. The van der Waals surface area contributed by atoms with E-state index < -0.39 is 0 Å². The van der Waals surface area contributed by atoms with Crippen molar-refractivity contribution in [3.63, 3.8) is 0 Å². The topological polar surface area (TPSA) is 41.1 Å². The van der Waals surface area contributed by atoms with E-state index in [1.54, 1.807) is 18.2 Å². The van der Waals surface area contributed by atoms with Gasteiger partial charge in [0.1, 0.15) is 0 Å². The van der Waals surface area contributed by atoms with Gasteiger partial charge in [-0.1, -0.05) is 17.5 Å². The molecule has 1 saturated carbocycles. The smallest absolute Gasteiger partial charge is 0.253 e. The highest BCUT2D eigenvalue weighted by atomic mass is 35.5. The summed E-state index contributed by atoms with van der Waals surface area (Å²) >= 11 is 6.05. The first-order chi connectivity index (χ1) is 8.20. The highest BCUT2D eigenvalue weighted by Gasteiger charge is 2.24. The Labute approximate surface area is 106 Å². The Morgan fingerprint density at radius 3 is 2.88 bits per heavy atom. The van der Waals surface area contributed by atoms with Crippen LogP contribution >= 0.6 is 11.6 Å². The first-order valence-electron chi connectivity index (χ1n) is 5.48. The minimum absolute atomic E-state index is 0.110. The van der Waals surface area contributed by atoms with Gasteiger partial charge in [0.25, 0.3) is 5.91 Å². The maximum absolute atomic E-state index is 11.8. The standard InChI is InChI=1S/C13H13ClN2O/c1-2-7-15-10-5-6-11(12(14)8-10)13(17)16-9-3-4-9/h1,5-6,8-9,15H,3-4,7H2,(H,16,17). The lowest BCUT2D eigenvalue weighted by atomic mass is 10.2. The minimum atomic E-state index is -0.110. The van der Waals surface area contributed by atoms with Crippen LogP contribution in [0.2, 0.25) is 5.02 Å². The summed E-state index contributed by atoms with van der Waals surface area (Å²) in [5.41, 5.74) is 1.32. The molecule has 1 fully saturated rings. The molecule has 0 aliphatic heterocycles. The normalized spacial score (nSPS) is 13.9. The molecule has 0 spiro atoms. The molecule has 88 valence electrons. The van der Waals surface area contributed by atoms with Gasteiger partial charge in [-0.15, -0.1) is 6.42 Å². The van der Waals surface area contributed by atoms with Crippen molar-refractivity contribution >= 4 is 23.2 Å². The molecule has 2 N–H and O–H groups in total. The summed E-state index contributed by atoms with van der Waals surface area (Å²) in [6.45, 7) is 0.434. The van der Waals surface area contributed by atoms with Gasteiger partial charge in [0.15, 0.2) is 0 Å². The highest BCUT2D eigenvalue weighted by molar-refractivity contribution is 6.34. The molecule has 0 heterocycles. The number of nitrogens with one attached hydrogen (secondary N) is 2. The van der Waals surface area contributed by atoms with E-state index >= 15 is 0 Å². The van der Waals surface area contributed by atoms with Crippen LogP contribution in [-0.2, 0) is 0 Å². The molecule has 1 aromatic rings. The van der Waals surface area contributed by atoms with Gasteiger partial charge in [-0.3, -0.25) is 4.79 Å². The molecule has 1 aliphatic rings. The number of benzene rings is 1. The van der Waals surface area contributed by atoms with Crippen molar-refractivity contribution in [1.82, 2.24) is 5.32 Å². The summed E-state index contributed by atoms with van der Waals surface area (Å²) in [7, 11) is 0. The molecule has 1 aliphatic carbocycles. The predicted molar refractivity (Wildman–Crippen MR) is 69.3 cm³/mol. The van der Waals surface area contributed by atoms with E-state index in [2.05, 4.69) is 16.6 Å². The van der Waals surface area contributed by atoms with Crippen molar-refractivity contribution in [2.75, 3.05) is 11.9 Å². The first-order valence-corrected chi connectivity index (χ1v) is 5.86. The molecule has 1 amide bonds. The van der Waals surface area contributed by atoms with Gasteiger partial charge < -0.3 is 10.6 Å². The maximum Gasteiger partial charge on any atom is 0.253 e. The summed E-state index contributed by atoms with van der Waals surface area (Å²) in [5, 5.41) is 6.33. The number of carbonyl (C=O) groups excluding carboxylic acids is 1. The first kappa shape index (κ1) is 11.8. The number of anilines is 1. The van der Waals surface area contributed by atoms with Crippen LogP contribution in [0.1, 0.15) is 23.2 Å². The number of carbonyl (C=O) groups is 1. The third-order valence-corrected chi connectivity index (χ3v) is 2.83. The third-order valence-electron chi connectivity index (χ3n) is 2.52. The van der Waals surface area contributed by atoms with Gasteiger partial charge in [0, 0.05) is 11.7 Å². The number of hydrogen-bond donors (Lipinski definition) is 2. The van der Waals surface area contributed by atoms with Crippen LogP contribution in [-0.4, -0.2) is 18.5 Å². The fraction of sp³-hybridized carbons (Fsp3) is 0.308. The average molecular weight is 249 g/mol. The lowest BCUT2D eigenvalue weighted by molar-refractivity contribution is 0.0951. The number of rotatable bonds is 4. The number of halogens is 1. The molecule has 0 saturated heterocycles. The van der Waals surface area contributed by atoms with Gasteiger partial charge in [0.05, 0.1) is 17.1 Å². The Hall–Kier alpha value is -1.66. The van der Waals surface area contributed by atoms with Crippen LogP contribution in [0.4, 0.5) is 5.69 Å². The second kappa shape index (κ2) is 5.11. The van der Waals surface area contributed by atoms with Crippen molar-refractivity contribution in [2.24, 2.45) is 0 Å². The van der Waals surface area contributed by atoms with E-state index in [9.17, 15) is 4.79 Å². The van der Waals surface area contributed by atoms with Crippen LogP contribution in [0.15, 0.2) is 18.2 Å². The van der Waals surface area contributed by atoms with Crippen LogP contribution in [0.5, 0.6) is 0 Å². The van der Waals surface area contributed by atoms with Crippen LogP contribution in [0, 0.1) is 12.3 Å². The Kier molecular flexibility index (Phi) is 3.55. The molecule has 17 heavy (non-hydrogen) atoms. The van der Waals surface area contributed by atoms with Gasteiger partial charge in [-0.2, -0.15) is 0 Å². The largest absolute Gasteiger partial charge is 0.374 e. The lowest BCUT2D eigenvalue weighted by Gasteiger charge is -2.08. The predicted octanol–water partition coefficient (Wildman–Crippen LogP) is 2.28. The zero-order valence-corrected chi connectivity index (χ0v) is 10.1. The molecule has 0 aromatic heterocycles. The van der Waals surface area contributed by atoms with Gasteiger partial charge in [-0.25, -0.2) is 0 Å². The molecule has 3 nitrogen and oxygen atoms in total. The summed E-state index contributed by atoms with van der Waals surface area (Å²) in [4.78, 5) is 11.8. The maximum atomic E-state index is 11.8. The second-order valence-electron chi connectivity index (χ2n) is 4.00. The summed E-state index contributed by atoms with van der Waals surface area (Å²) in [6, 6.07) is 5.54. The summed E-state index contributed by atoms with van der Waals surface area (Å²) in [5.74, 6) is 2.36. The summed E-state index contributed by atoms with van der Waals surface area (Å²) in [6.07, 6.45) is 7.27. The van der Waals surface area contributed by atoms with Crippen molar-refractivity contribution in [3.05, 3.63) is 28.8 Å². The zero-order valence-electron chi connectivity index (χ0n) is 9.29. The minimum Gasteiger partial charge on any atom is -0.374 e. The van der Waals surface area contributed by atoms with Crippen molar-refractivity contribution in [3.8, 4) is 12.3 Å². The van der Waals surface area contributed by atoms with E-state index in [4.69, 9.17) is 18.0 Å². The van der Waals surface area contributed by atoms with Crippen molar-refractivity contribution < 1.29 is 4.79 Å². The molecule has 1 aromatic carbocycles. The number of hydrogen-bond acceptors (Lipinski definition) is 2. The van der Waals surface area contributed by atoms with E-state index in [1.165, 1.54) is 0 Å². The SMILES string of the molecule is C#CCNc1ccc(C(=O)NC2CC2)c(Cl)c1. The van der Waals surface area contributed by atoms with Crippen molar-refractivity contribution in [2.45, 2.75) is 18.9 Å². The summed E-state index contributed by atoms with van der Waals surface area (Å²) < 4.78 is 0. The molecule has 0 bridgehead atoms. The Morgan fingerprint density at radius 2 is 2.29 bits per heavy atom. The van der Waals surface area contributed by atoms with E-state index in [0.29, 0.717) is 23.2 Å². The number of terminal acetylenes is 1. The van der Waals surface area contributed by atoms with Gasteiger partial charge >= 0.3 is 0 Å². The van der Waals surface area contributed by atoms with Gasteiger partial charge in [-0.05, 0) is 31.0 Å².